The van der Waals surface area contributed by atoms with E-state index in [-0.39, 0.29) is 22.8 Å². The van der Waals surface area contributed by atoms with E-state index in [4.69, 9.17) is 29.9 Å². The number of rotatable bonds is 6. The number of ether oxygens (including phenoxy) is 3. The molecule has 3 nitrogen and oxygen atoms in total. The Bertz CT molecular complexity index is 227. The summed E-state index contributed by atoms with van der Waals surface area (Å²) in [5, 5.41) is 0. The van der Waals surface area contributed by atoms with E-state index in [1.165, 1.54) is 0 Å². The van der Waals surface area contributed by atoms with Crippen molar-refractivity contribution in [2.24, 2.45) is 10.8 Å². The van der Waals surface area contributed by atoms with Gasteiger partial charge in [-0.2, -0.15) is 0 Å². The summed E-state index contributed by atoms with van der Waals surface area (Å²) >= 11 is 0. The summed E-state index contributed by atoms with van der Waals surface area (Å²) in [6.07, 6.45) is 1.91. The molecular weight excluding hydrogens is 214 g/mol. The van der Waals surface area contributed by atoms with Crippen LogP contribution >= 0.6 is 0 Å². The monoisotopic (exact) mass is 234 g/mol. The van der Waals surface area contributed by atoms with Gasteiger partial charge < -0.3 is 14.2 Å². The van der Waals surface area contributed by atoms with Gasteiger partial charge >= 0.3 is 0 Å². The summed E-state index contributed by atoms with van der Waals surface area (Å²) in [7, 11) is 12.3. The smallest absolute Gasteiger partial charge is 0.109 e. The molecule has 2 aliphatic rings. The number of hydrogen-bond acceptors (Lipinski definition) is 3. The molecule has 0 aromatic carbocycles. The fraction of sp³-hybridized carbons (Fsp3) is 1.00. The Labute approximate surface area is 106 Å². The van der Waals surface area contributed by atoms with Crippen molar-refractivity contribution in [1.82, 2.24) is 0 Å². The van der Waals surface area contributed by atoms with Crippen LogP contribution in [0.1, 0.15) is 26.7 Å². The Balaban J connectivity index is 1.91. The molecule has 2 atom stereocenters. The van der Waals surface area contributed by atoms with Gasteiger partial charge in [0.1, 0.15) is 15.7 Å². The first-order chi connectivity index (χ1) is 8.08. The van der Waals surface area contributed by atoms with Gasteiger partial charge in [0.15, 0.2) is 0 Å². The summed E-state index contributed by atoms with van der Waals surface area (Å²) in [6, 6.07) is -0.694. The highest BCUT2D eigenvalue weighted by Crippen LogP contribution is 2.40. The normalized spacial score (nSPS) is 28.8. The molecule has 2 saturated heterocycles. The SMILES string of the molecule is [B]C(OC([B])C1(CC)COC1)C1(CC)COC1. The minimum Gasteiger partial charge on any atom is -0.393 e. The highest BCUT2D eigenvalue weighted by Gasteiger charge is 2.47. The average molecular weight is 234 g/mol. The molecule has 2 heterocycles. The van der Waals surface area contributed by atoms with E-state index in [2.05, 4.69) is 13.8 Å². The van der Waals surface area contributed by atoms with Crippen LogP contribution in [0.2, 0.25) is 0 Å². The summed E-state index contributed by atoms with van der Waals surface area (Å²) in [4.78, 5) is 0. The third-order valence-corrected chi connectivity index (χ3v) is 4.47. The van der Waals surface area contributed by atoms with Gasteiger partial charge in [-0.15, -0.1) is 0 Å². The van der Waals surface area contributed by atoms with Gasteiger partial charge in [0.2, 0.25) is 0 Å². The van der Waals surface area contributed by atoms with Crippen LogP contribution in [-0.4, -0.2) is 54.1 Å². The lowest BCUT2D eigenvalue weighted by atomic mass is 9.66. The van der Waals surface area contributed by atoms with Crippen molar-refractivity contribution in [2.75, 3.05) is 26.4 Å². The topological polar surface area (TPSA) is 27.7 Å². The third kappa shape index (κ3) is 2.18. The minimum atomic E-state index is -0.347. The summed E-state index contributed by atoms with van der Waals surface area (Å²) in [6.45, 7) is 6.92. The van der Waals surface area contributed by atoms with Crippen LogP contribution < -0.4 is 0 Å². The van der Waals surface area contributed by atoms with Gasteiger partial charge in [-0.3, -0.25) is 0 Å². The zero-order valence-electron chi connectivity index (χ0n) is 10.8. The van der Waals surface area contributed by atoms with E-state index in [0.717, 1.165) is 12.8 Å². The van der Waals surface area contributed by atoms with E-state index < -0.39 is 0 Å². The highest BCUT2D eigenvalue weighted by molar-refractivity contribution is 6.14. The molecule has 17 heavy (non-hydrogen) atoms. The first kappa shape index (κ1) is 13.4. The summed E-state index contributed by atoms with van der Waals surface area (Å²) in [5.74, 6) is 0. The van der Waals surface area contributed by atoms with Crippen molar-refractivity contribution < 1.29 is 14.2 Å². The first-order valence-corrected chi connectivity index (χ1v) is 6.41. The van der Waals surface area contributed by atoms with E-state index in [1.807, 2.05) is 0 Å². The lowest BCUT2D eigenvalue weighted by Gasteiger charge is -2.51. The second-order valence-electron chi connectivity index (χ2n) is 5.39. The molecule has 0 amide bonds. The summed E-state index contributed by atoms with van der Waals surface area (Å²) < 4.78 is 16.4. The number of hydrogen-bond donors (Lipinski definition) is 0. The van der Waals surface area contributed by atoms with Crippen molar-refractivity contribution >= 4 is 15.7 Å². The molecule has 0 saturated carbocycles. The van der Waals surface area contributed by atoms with Gasteiger partial charge in [-0.05, 0) is 12.8 Å². The van der Waals surface area contributed by atoms with E-state index >= 15 is 0 Å². The second kappa shape index (κ2) is 4.94. The Morgan fingerprint density at radius 2 is 1.29 bits per heavy atom. The molecule has 0 bridgehead atoms. The maximum atomic E-state index is 6.13. The Morgan fingerprint density at radius 3 is 1.47 bits per heavy atom. The zero-order chi connectivity index (χ0) is 12.5. The van der Waals surface area contributed by atoms with Gasteiger partial charge in [0.05, 0.1) is 26.4 Å². The standard InChI is InChI=1S/C12H20B2O3/c1-3-11(5-15-6-11)9(13)17-10(14)12(4-2)7-16-8-12/h9-10H,3-8H2,1-2H3. The predicted octanol–water partition coefficient (Wildman–Crippen LogP) is 0.845. The molecule has 2 aliphatic heterocycles. The Kier molecular flexibility index (Phi) is 3.91. The molecule has 0 aromatic rings. The van der Waals surface area contributed by atoms with Gasteiger partial charge in [0, 0.05) is 22.8 Å². The molecule has 2 unspecified atom stereocenters. The van der Waals surface area contributed by atoms with Crippen LogP contribution in [-0.2, 0) is 14.2 Å². The van der Waals surface area contributed by atoms with Crippen LogP contribution in [0, 0.1) is 10.8 Å². The molecule has 0 aromatic heterocycles. The fourth-order valence-corrected chi connectivity index (χ4v) is 2.31. The van der Waals surface area contributed by atoms with Gasteiger partial charge in [0.25, 0.3) is 0 Å². The lowest BCUT2D eigenvalue weighted by molar-refractivity contribution is -0.210. The molecule has 5 heteroatoms. The quantitative estimate of drug-likeness (QED) is 0.637. The summed E-state index contributed by atoms with van der Waals surface area (Å²) in [5.41, 5.74) is -0.0890. The van der Waals surface area contributed by atoms with Crippen LogP contribution in [0.3, 0.4) is 0 Å². The van der Waals surface area contributed by atoms with Crippen molar-refractivity contribution in [3.8, 4) is 0 Å². The molecule has 4 radical (unpaired) electrons. The van der Waals surface area contributed by atoms with Crippen molar-refractivity contribution in [3.05, 3.63) is 0 Å². The third-order valence-electron chi connectivity index (χ3n) is 4.47. The average Bonchev–Trinajstić information content (AvgIpc) is 2.15. The van der Waals surface area contributed by atoms with Gasteiger partial charge in [-0.1, -0.05) is 13.8 Å². The predicted molar refractivity (Wildman–Crippen MR) is 67.3 cm³/mol. The van der Waals surface area contributed by atoms with Crippen molar-refractivity contribution in [1.29, 1.82) is 0 Å². The fourth-order valence-electron chi connectivity index (χ4n) is 2.31. The molecule has 0 spiro atoms. The largest absolute Gasteiger partial charge is 0.393 e. The van der Waals surface area contributed by atoms with Crippen LogP contribution in [0.25, 0.3) is 0 Å². The maximum Gasteiger partial charge on any atom is 0.109 e. The van der Waals surface area contributed by atoms with E-state index in [0.29, 0.717) is 26.4 Å². The van der Waals surface area contributed by atoms with E-state index in [9.17, 15) is 0 Å². The van der Waals surface area contributed by atoms with Crippen molar-refractivity contribution in [3.63, 3.8) is 0 Å². The molecule has 2 fully saturated rings. The van der Waals surface area contributed by atoms with E-state index in [1.54, 1.807) is 0 Å². The zero-order valence-corrected chi connectivity index (χ0v) is 10.8. The Morgan fingerprint density at radius 1 is 0.941 bits per heavy atom. The molecule has 0 N–H and O–H groups in total. The Hall–Kier alpha value is 0.00987. The van der Waals surface area contributed by atoms with Crippen molar-refractivity contribution in [2.45, 2.75) is 38.7 Å². The lowest BCUT2D eigenvalue weighted by Crippen LogP contribution is -2.58. The maximum absolute atomic E-state index is 6.13. The second-order valence-corrected chi connectivity index (χ2v) is 5.39. The van der Waals surface area contributed by atoms with Crippen LogP contribution in [0.15, 0.2) is 0 Å². The molecule has 2 rings (SSSR count). The molecule has 92 valence electrons. The van der Waals surface area contributed by atoms with Crippen LogP contribution in [0.4, 0.5) is 0 Å². The molecular formula is C12H20B2O3. The van der Waals surface area contributed by atoms with Gasteiger partial charge in [-0.25, -0.2) is 0 Å². The minimum absolute atomic E-state index is 0.0445. The molecule has 0 aliphatic carbocycles. The highest BCUT2D eigenvalue weighted by atomic mass is 16.5. The van der Waals surface area contributed by atoms with Crippen LogP contribution in [0.5, 0.6) is 0 Å². The first-order valence-electron chi connectivity index (χ1n) is 6.41.